The number of nitrogens with zero attached hydrogens (tertiary/aromatic N) is 1. The fourth-order valence-electron chi connectivity index (χ4n) is 2.55. The van der Waals surface area contributed by atoms with Crippen LogP contribution in [0.25, 0.3) is 0 Å². The molecule has 27 heavy (non-hydrogen) atoms. The Morgan fingerprint density at radius 1 is 1.15 bits per heavy atom. The van der Waals surface area contributed by atoms with Crippen LogP contribution in [0, 0.1) is 0 Å². The third-order valence-electron chi connectivity index (χ3n) is 3.92. The van der Waals surface area contributed by atoms with Crippen molar-refractivity contribution in [3.05, 3.63) is 23.4 Å². The largest absolute Gasteiger partial charge is 0.345 e. The van der Waals surface area contributed by atoms with Gasteiger partial charge in [0.2, 0.25) is 0 Å². The quantitative estimate of drug-likeness (QED) is 0.276. The van der Waals surface area contributed by atoms with Crippen LogP contribution in [-0.4, -0.2) is 37.0 Å². The zero-order chi connectivity index (χ0) is 20.9. The van der Waals surface area contributed by atoms with Gasteiger partial charge in [0.1, 0.15) is 5.84 Å². The molecule has 160 valence electrons. The standard InChI is InChI=1S/C16H29N3.C5H12S.C2H6/c1-5-6-11-18-16(19-13(2)3)15-9-12-17-10-7-8-14(15)4;1-3-5-6-4-2;1-2/h17H,2,5-12H2,1,3-4H3,(H,18,19);3-5H2,1-2H3;1-2H3/b15-14+;;. The highest BCUT2D eigenvalue weighted by atomic mass is 32.2. The van der Waals surface area contributed by atoms with Crippen molar-refractivity contribution in [1.82, 2.24) is 10.6 Å². The summed E-state index contributed by atoms with van der Waals surface area (Å²) in [6, 6.07) is 0. The van der Waals surface area contributed by atoms with Gasteiger partial charge in [0.05, 0.1) is 0 Å². The van der Waals surface area contributed by atoms with Crippen molar-refractivity contribution in [2.75, 3.05) is 31.1 Å². The van der Waals surface area contributed by atoms with Crippen LogP contribution in [-0.2, 0) is 0 Å². The average molecular weight is 398 g/mol. The van der Waals surface area contributed by atoms with Crippen molar-refractivity contribution in [3.63, 3.8) is 0 Å². The third-order valence-corrected chi connectivity index (χ3v) is 5.03. The summed E-state index contributed by atoms with van der Waals surface area (Å²) in [5.41, 5.74) is 3.82. The molecule has 1 aliphatic rings. The number of allylic oxidation sites excluding steroid dienone is 2. The van der Waals surface area contributed by atoms with Crippen LogP contribution in [0.5, 0.6) is 0 Å². The minimum atomic E-state index is 0.899. The second-order valence-corrected chi connectivity index (χ2v) is 7.94. The molecule has 0 unspecified atom stereocenters. The minimum Gasteiger partial charge on any atom is -0.345 e. The van der Waals surface area contributed by atoms with E-state index in [0.717, 1.165) is 50.4 Å². The van der Waals surface area contributed by atoms with Gasteiger partial charge >= 0.3 is 0 Å². The van der Waals surface area contributed by atoms with E-state index < -0.39 is 0 Å². The van der Waals surface area contributed by atoms with Gasteiger partial charge in [-0.1, -0.05) is 53.2 Å². The van der Waals surface area contributed by atoms with Gasteiger partial charge in [-0.05, 0) is 76.1 Å². The summed E-state index contributed by atoms with van der Waals surface area (Å²) in [7, 11) is 0. The first kappa shape index (κ1) is 28.5. The molecule has 0 amide bonds. The monoisotopic (exact) mass is 397 g/mol. The lowest BCUT2D eigenvalue weighted by molar-refractivity contribution is 0.626. The number of thioether (sulfide) groups is 1. The predicted molar refractivity (Wildman–Crippen MR) is 129 cm³/mol. The molecule has 0 aliphatic carbocycles. The molecule has 0 aromatic carbocycles. The van der Waals surface area contributed by atoms with Crippen molar-refractivity contribution in [2.45, 2.75) is 87.0 Å². The van der Waals surface area contributed by atoms with Crippen LogP contribution in [0.15, 0.2) is 28.4 Å². The Balaban J connectivity index is 0. The lowest BCUT2D eigenvalue weighted by Gasteiger charge is -2.20. The Labute approximate surface area is 175 Å². The highest BCUT2D eigenvalue weighted by Gasteiger charge is 2.12. The Bertz CT molecular complexity index is 410. The molecule has 0 radical (unpaired) electrons. The number of amidine groups is 1. The molecule has 0 atom stereocenters. The van der Waals surface area contributed by atoms with Crippen molar-refractivity contribution < 1.29 is 0 Å². The van der Waals surface area contributed by atoms with Crippen LogP contribution in [0.2, 0.25) is 0 Å². The van der Waals surface area contributed by atoms with Crippen LogP contribution in [0.4, 0.5) is 0 Å². The molecule has 0 aromatic heterocycles. The maximum Gasteiger partial charge on any atom is 0.128 e. The molecule has 0 saturated carbocycles. The molecular formula is C23H47N3S. The lowest BCUT2D eigenvalue weighted by Crippen LogP contribution is -2.28. The van der Waals surface area contributed by atoms with Gasteiger partial charge in [-0.25, -0.2) is 0 Å². The number of rotatable bonds is 8. The van der Waals surface area contributed by atoms with Crippen LogP contribution in [0.1, 0.15) is 87.0 Å². The molecule has 4 heteroatoms. The van der Waals surface area contributed by atoms with Gasteiger partial charge in [0.15, 0.2) is 0 Å². The summed E-state index contributed by atoms with van der Waals surface area (Å²) in [6.07, 6.45) is 7.07. The van der Waals surface area contributed by atoms with E-state index in [1.54, 1.807) is 0 Å². The van der Waals surface area contributed by atoms with Crippen molar-refractivity contribution in [1.29, 1.82) is 0 Å². The average Bonchev–Trinajstić information content (AvgIpc) is 2.65. The zero-order valence-corrected chi connectivity index (χ0v) is 20.2. The van der Waals surface area contributed by atoms with Gasteiger partial charge in [0.25, 0.3) is 0 Å². The fraction of sp³-hybridized carbons (Fsp3) is 0.783. The number of hydrogen-bond donors (Lipinski definition) is 2. The van der Waals surface area contributed by atoms with E-state index in [1.807, 2.05) is 32.5 Å². The highest BCUT2D eigenvalue weighted by molar-refractivity contribution is 7.99. The van der Waals surface area contributed by atoms with Crippen molar-refractivity contribution in [2.24, 2.45) is 4.99 Å². The number of hydrogen-bond acceptors (Lipinski definition) is 3. The molecule has 1 heterocycles. The molecular weight excluding hydrogens is 350 g/mol. The third kappa shape index (κ3) is 17.1. The summed E-state index contributed by atoms with van der Waals surface area (Å²) in [5.74, 6) is 3.65. The molecule has 1 rings (SSSR count). The van der Waals surface area contributed by atoms with E-state index in [2.05, 4.69) is 44.9 Å². The van der Waals surface area contributed by atoms with E-state index in [4.69, 9.17) is 4.99 Å². The zero-order valence-electron chi connectivity index (χ0n) is 19.3. The van der Waals surface area contributed by atoms with Gasteiger partial charge in [0, 0.05) is 12.2 Å². The van der Waals surface area contributed by atoms with Crippen molar-refractivity contribution in [3.8, 4) is 0 Å². The van der Waals surface area contributed by atoms with Crippen molar-refractivity contribution >= 4 is 17.6 Å². The Hall–Kier alpha value is -0.740. The van der Waals surface area contributed by atoms with Crippen LogP contribution < -0.4 is 10.6 Å². The summed E-state index contributed by atoms with van der Waals surface area (Å²) in [5, 5.41) is 6.83. The topological polar surface area (TPSA) is 36.4 Å². The summed E-state index contributed by atoms with van der Waals surface area (Å²) in [6.45, 7) is 21.9. The Morgan fingerprint density at radius 2 is 1.85 bits per heavy atom. The molecule has 0 aromatic rings. The normalized spacial score (nSPS) is 17.5. The lowest BCUT2D eigenvalue weighted by atomic mass is 9.99. The van der Waals surface area contributed by atoms with Crippen LogP contribution in [0.3, 0.4) is 0 Å². The predicted octanol–water partition coefficient (Wildman–Crippen LogP) is 6.57. The van der Waals surface area contributed by atoms with E-state index in [-0.39, 0.29) is 0 Å². The number of nitrogens with one attached hydrogen (secondary N) is 2. The van der Waals surface area contributed by atoms with E-state index >= 15 is 0 Å². The molecule has 0 bridgehead atoms. The first-order valence-corrected chi connectivity index (χ1v) is 12.2. The van der Waals surface area contributed by atoms with Gasteiger partial charge in [-0.3, -0.25) is 4.99 Å². The number of aliphatic imine (C=N–C) groups is 1. The second-order valence-electron chi connectivity index (χ2n) is 6.55. The van der Waals surface area contributed by atoms with E-state index in [0.29, 0.717) is 0 Å². The molecule has 0 saturated heterocycles. The van der Waals surface area contributed by atoms with Crippen LogP contribution >= 0.6 is 11.8 Å². The number of unbranched alkanes of at least 4 members (excludes halogenated alkanes) is 1. The highest BCUT2D eigenvalue weighted by Crippen LogP contribution is 2.17. The fourth-order valence-corrected chi connectivity index (χ4v) is 3.13. The second kappa shape index (κ2) is 21.6. The summed E-state index contributed by atoms with van der Waals surface area (Å²) in [4.78, 5) is 4.76. The Morgan fingerprint density at radius 3 is 2.37 bits per heavy atom. The van der Waals surface area contributed by atoms with Gasteiger partial charge in [-0.2, -0.15) is 11.8 Å². The maximum absolute atomic E-state index is 4.76. The first-order chi connectivity index (χ1) is 13.1. The summed E-state index contributed by atoms with van der Waals surface area (Å²) >= 11 is 2.01. The van der Waals surface area contributed by atoms with Gasteiger partial charge in [-0.15, -0.1) is 0 Å². The molecule has 2 N–H and O–H groups in total. The van der Waals surface area contributed by atoms with E-state index in [9.17, 15) is 0 Å². The molecule has 1 aliphatic heterocycles. The summed E-state index contributed by atoms with van der Waals surface area (Å²) < 4.78 is 0. The molecule has 0 fully saturated rings. The molecule has 0 spiro atoms. The van der Waals surface area contributed by atoms with Gasteiger partial charge < -0.3 is 10.6 Å². The first-order valence-electron chi connectivity index (χ1n) is 11.0. The minimum absolute atomic E-state index is 0.899. The smallest absolute Gasteiger partial charge is 0.128 e. The van der Waals surface area contributed by atoms with E-state index in [1.165, 1.54) is 41.9 Å². The Kier molecular flexibility index (Phi) is 22.7. The molecule has 3 nitrogen and oxygen atoms in total. The SMILES string of the molecule is C=C(C)NC(=NCCCC)/C1=C(\C)CCCNCC1.CC.CCCSCC. The maximum atomic E-state index is 4.76.